The summed E-state index contributed by atoms with van der Waals surface area (Å²) in [5.74, 6) is -0.116. The van der Waals surface area contributed by atoms with Gasteiger partial charge in [0.15, 0.2) is 5.60 Å². The van der Waals surface area contributed by atoms with Crippen LogP contribution in [-0.2, 0) is 21.6 Å². The molecule has 0 bridgehead atoms. The second-order valence-electron chi connectivity index (χ2n) is 6.81. The number of hydrogen-bond donors (Lipinski definition) is 0. The molecule has 108 valence electrons. The number of hydrogen-bond acceptors (Lipinski definition) is 4. The van der Waals surface area contributed by atoms with E-state index in [4.69, 9.17) is 4.74 Å². The van der Waals surface area contributed by atoms with E-state index in [9.17, 15) is 4.79 Å². The number of fused-ring (bicyclic) bond motifs is 2. The number of aromatic nitrogens is 1. The Morgan fingerprint density at radius 3 is 2.65 bits per heavy atom. The summed E-state index contributed by atoms with van der Waals surface area (Å²) >= 11 is 0. The van der Waals surface area contributed by atoms with Gasteiger partial charge in [0.2, 0.25) is 0 Å². The molecule has 0 aliphatic carbocycles. The topological polar surface area (TPSA) is 42.4 Å². The Kier molecular flexibility index (Phi) is 3.09. The molecule has 3 rings (SSSR count). The molecular formula is C16H22N2O2. The van der Waals surface area contributed by atoms with Gasteiger partial charge in [0, 0.05) is 37.7 Å². The van der Waals surface area contributed by atoms with Gasteiger partial charge in [0.1, 0.15) is 0 Å². The lowest BCUT2D eigenvalue weighted by molar-refractivity contribution is -0.171. The highest BCUT2D eigenvalue weighted by molar-refractivity contribution is 5.75. The lowest BCUT2D eigenvalue weighted by atomic mass is 9.81. The summed E-state index contributed by atoms with van der Waals surface area (Å²) in [6.07, 6.45) is 3.82. The van der Waals surface area contributed by atoms with E-state index < -0.39 is 5.60 Å². The molecule has 0 N–H and O–H groups in total. The van der Waals surface area contributed by atoms with Crippen LogP contribution in [0.15, 0.2) is 18.3 Å². The van der Waals surface area contributed by atoms with Crippen molar-refractivity contribution in [2.45, 2.75) is 51.2 Å². The zero-order valence-electron chi connectivity index (χ0n) is 12.5. The predicted octanol–water partition coefficient (Wildman–Crippen LogP) is 2.27. The Morgan fingerprint density at radius 2 is 2.00 bits per heavy atom. The minimum Gasteiger partial charge on any atom is -0.452 e. The van der Waals surface area contributed by atoms with Gasteiger partial charge in [-0.25, -0.2) is 0 Å². The predicted molar refractivity (Wildman–Crippen MR) is 76.3 cm³/mol. The summed E-state index contributed by atoms with van der Waals surface area (Å²) < 4.78 is 5.77. The molecule has 2 aliphatic rings. The van der Waals surface area contributed by atoms with Crippen LogP contribution in [0, 0.1) is 0 Å². The molecular weight excluding hydrogens is 252 g/mol. The Bertz CT molecular complexity index is 526. The van der Waals surface area contributed by atoms with Crippen LogP contribution in [0.1, 0.15) is 44.9 Å². The van der Waals surface area contributed by atoms with Gasteiger partial charge in [0.05, 0.1) is 12.1 Å². The van der Waals surface area contributed by atoms with E-state index in [1.54, 1.807) is 6.20 Å². The second kappa shape index (κ2) is 4.55. The van der Waals surface area contributed by atoms with E-state index in [2.05, 4.69) is 30.7 Å². The number of carbonyl (C=O) groups is 1. The van der Waals surface area contributed by atoms with Crippen LogP contribution in [0.2, 0.25) is 0 Å². The molecule has 1 fully saturated rings. The quantitative estimate of drug-likeness (QED) is 0.681. The molecule has 0 amide bonds. The zero-order valence-corrected chi connectivity index (χ0v) is 12.5. The molecule has 1 aromatic rings. The van der Waals surface area contributed by atoms with Crippen LogP contribution >= 0.6 is 0 Å². The molecule has 1 aromatic heterocycles. The van der Waals surface area contributed by atoms with Crippen molar-refractivity contribution in [1.82, 2.24) is 9.88 Å². The van der Waals surface area contributed by atoms with Crippen LogP contribution in [0.3, 0.4) is 0 Å². The number of esters is 1. The normalized spacial score (nSPS) is 22.4. The number of piperidine rings is 1. The Balaban J connectivity index is 1.89. The maximum absolute atomic E-state index is 11.9. The van der Waals surface area contributed by atoms with Gasteiger partial charge in [-0.2, -0.15) is 0 Å². The van der Waals surface area contributed by atoms with Crippen LogP contribution in [0.4, 0.5) is 0 Å². The van der Waals surface area contributed by atoms with Crippen molar-refractivity contribution in [3.8, 4) is 0 Å². The van der Waals surface area contributed by atoms with Crippen LogP contribution < -0.4 is 0 Å². The van der Waals surface area contributed by atoms with Crippen molar-refractivity contribution in [2.24, 2.45) is 0 Å². The molecule has 4 nitrogen and oxygen atoms in total. The van der Waals surface area contributed by atoms with Crippen molar-refractivity contribution in [2.75, 3.05) is 13.1 Å². The molecule has 0 unspecified atom stereocenters. The van der Waals surface area contributed by atoms with E-state index in [1.165, 1.54) is 0 Å². The minimum absolute atomic E-state index is 0.116. The van der Waals surface area contributed by atoms with E-state index >= 15 is 0 Å². The van der Waals surface area contributed by atoms with E-state index in [1.807, 2.05) is 12.1 Å². The SMILES string of the molecule is CC(C)(C)N1CCC2(CC1)OC(=O)Cc1cccnc12. The average molecular weight is 274 g/mol. The van der Waals surface area contributed by atoms with Crippen molar-refractivity contribution >= 4 is 5.97 Å². The van der Waals surface area contributed by atoms with Gasteiger partial charge in [-0.05, 0) is 32.4 Å². The summed E-state index contributed by atoms with van der Waals surface area (Å²) in [6.45, 7) is 8.55. The van der Waals surface area contributed by atoms with Gasteiger partial charge in [-0.15, -0.1) is 0 Å². The standard InChI is InChI=1S/C16H22N2O2/c1-15(2,3)18-9-6-16(7-10-18)14-12(5-4-8-17-14)11-13(19)20-16/h4-5,8H,6-7,9-11H2,1-3H3. The summed E-state index contributed by atoms with van der Waals surface area (Å²) in [6, 6.07) is 3.90. The van der Waals surface area contributed by atoms with Crippen LogP contribution in [0.25, 0.3) is 0 Å². The van der Waals surface area contributed by atoms with Crippen molar-refractivity contribution in [3.63, 3.8) is 0 Å². The van der Waals surface area contributed by atoms with Crippen molar-refractivity contribution in [1.29, 1.82) is 0 Å². The first kappa shape index (κ1) is 13.6. The number of likely N-dealkylation sites (tertiary alicyclic amines) is 1. The maximum Gasteiger partial charge on any atom is 0.311 e. The lowest BCUT2D eigenvalue weighted by Gasteiger charge is -2.47. The molecule has 1 saturated heterocycles. The van der Waals surface area contributed by atoms with Gasteiger partial charge in [0.25, 0.3) is 0 Å². The molecule has 20 heavy (non-hydrogen) atoms. The summed E-state index contributed by atoms with van der Waals surface area (Å²) in [4.78, 5) is 18.9. The third kappa shape index (κ3) is 2.22. The molecule has 2 aliphatic heterocycles. The highest BCUT2D eigenvalue weighted by atomic mass is 16.6. The Hall–Kier alpha value is -1.42. The highest BCUT2D eigenvalue weighted by Crippen LogP contribution is 2.41. The first-order chi connectivity index (χ1) is 9.41. The van der Waals surface area contributed by atoms with E-state index in [0.717, 1.165) is 37.2 Å². The third-order valence-corrected chi connectivity index (χ3v) is 4.49. The lowest BCUT2D eigenvalue weighted by Crippen LogP contribution is -2.53. The summed E-state index contributed by atoms with van der Waals surface area (Å²) in [5, 5.41) is 0. The highest BCUT2D eigenvalue weighted by Gasteiger charge is 2.46. The first-order valence-electron chi connectivity index (χ1n) is 7.32. The smallest absolute Gasteiger partial charge is 0.311 e. The average Bonchev–Trinajstić information content (AvgIpc) is 2.38. The van der Waals surface area contributed by atoms with Gasteiger partial charge in [-0.3, -0.25) is 14.7 Å². The number of nitrogens with zero attached hydrogens (tertiary/aromatic N) is 2. The fourth-order valence-electron chi connectivity index (χ4n) is 3.33. The molecule has 0 atom stereocenters. The summed E-state index contributed by atoms with van der Waals surface area (Å²) in [7, 11) is 0. The van der Waals surface area contributed by atoms with Crippen molar-refractivity contribution in [3.05, 3.63) is 29.6 Å². The summed E-state index contributed by atoms with van der Waals surface area (Å²) in [5.41, 5.74) is 1.68. The van der Waals surface area contributed by atoms with Crippen LogP contribution in [0.5, 0.6) is 0 Å². The molecule has 0 saturated carbocycles. The fourth-order valence-corrected chi connectivity index (χ4v) is 3.33. The molecule has 4 heteroatoms. The van der Waals surface area contributed by atoms with Crippen LogP contribution in [-0.4, -0.2) is 34.5 Å². The second-order valence-corrected chi connectivity index (χ2v) is 6.81. The van der Waals surface area contributed by atoms with Crippen molar-refractivity contribution < 1.29 is 9.53 Å². The number of ether oxygens (including phenoxy) is 1. The molecule has 0 aromatic carbocycles. The third-order valence-electron chi connectivity index (χ3n) is 4.49. The Morgan fingerprint density at radius 1 is 1.30 bits per heavy atom. The monoisotopic (exact) mass is 274 g/mol. The van der Waals surface area contributed by atoms with E-state index in [0.29, 0.717) is 6.42 Å². The maximum atomic E-state index is 11.9. The Labute approximate surface area is 120 Å². The van der Waals surface area contributed by atoms with Gasteiger partial charge >= 0.3 is 5.97 Å². The number of carbonyl (C=O) groups excluding carboxylic acids is 1. The first-order valence-corrected chi connectivity index (χ1v) is 7.32. The molecule has 3 heterocycles. The fraction of sp³-hybridized carbons (Fsp3) is 0.625. The van der Waals surface area contributed by atoms with Gasteiger partial charge in [-0.1, -0.05) is 6.07 Å². The number of pyridine rings is 1. The van der Waals surface area contributed by atoms with E-state index in [-0.39, 0.29) is 11.5 Å². The largest absolute Gasteiger partial charge is 0.452 e. The van der Waals surface area contributed by atoms with Gasteiger partial charge < -0.3 is 4.74 Å². The minimum atomic E-state index is -0.492. The zero-order chi connectivity index (χ0) is 14.4. The molecule has 0 radical (unpaired) electrons. The number of rotatable bonds is 0. The molecule has 1 spiro atoms.